The molecule has 0 aliphatic rings. The molecule has 2 nitrogen and oxygen atoms in total. The number of thiophene rings is 1. The highest BCUT2D eigenvalue weighted by Gasteiger charge is 2.07. The summed E-state index contributed by atoms with van der Waals surface area (Å²) in [6.07, 6.45) is 2.07. The Morgan fingerprint density at radius 1 is 1.60 bits per heavy atom. The van der Waals surface area contributed by atoms with E-state index in [-0.39, 0.29) is 5.91 Å². The number of hydrogen-bond acceptors (Lipinski definition) is 2. The Balaban J connectivity index is 2.31. The lowest BCUT2D eigenvalue weighted by Crippen LogP contribution is -2.25. The van der Waals surface area contributed by atoms with E-state index in [1.807, 2.05) is 19.1 Å². The molecule has 4 heteroatoms. The van der Waals surface area contributed by atoms with Gasteiger partial charge in [-0.25, -0.2) is 0 Å². The zero-order chi connectivity index (χ0) is 11.3. The van der Waals surface area contributed by atoms with Crippen LogP contribution in [0, 0.1) is 6.92 Å². The van der Waals surface area contributed by atoms with Crippen LogP contribution in [0.1, 0.15) is 34.3 Å². The van der Waals surface area contributed by atoms with Crippen molar-refractivity contribution in [3.8, 4) is 0 Å². The van der Waals surface area contributed by atoms with E-state index in [1.54, 1.807) is 0 Å². The molecule has 1 aromatic rings. The minimum atomic E-state index is 0.0453. The summed E-state index contributed by atoms with van der Waals surface area (Å²) in [7, 11) is 0. The number of halogens is 1. The summed E-state index contributed by atoms with van der Waals surface area (Å²) in [5.74, 6) is 0.0453. The first kappa shape index (κ1) is 12.7. The molecule has 0 aliphatic carbocycles. The average Bonchev–Trinajstić information content (AvgIpc) is 2.64. The summed E-state index contributed by atoms with van der Waals surface area (Å²) < 4.78 is 0. The molecule has 1 atom stereocenters. The van der Waals surface area contributed by atoms with Crippen molar-refractivity contribution in [2.75, 3.05) is 6.54 Å². The fraction of sp³-hybridized carbons (Fsp3) is 0.545. The third-order valence-corrected chi connectivity index (χ3v) is 4.26. The monoisotopic (exact) mass is 289 g/mol. The Hall–Kier alpha value is -0.350. The highest BCUT2D eigenvalue weighted by molar-refractivity contribution is 9.09. The molecule has 1 N–H and O–H groups in total. The van der Waals surface area contributed by atoms with E-state index < -0.39 is 0 Å². The highest BCUT2D eigenvalue weighted by atomic mass is 79.9. The first-order chi connectivity index (χ1) is 7.13. The number of carbonyl (C=O) groups excluding carboxylic acids is 1. The molecule has 1 amide bonds. The van der Waals surface area contributed by atoms with Crippen molar-refractivity contribution >= 4 is 33.2 Å². The van der Waals surface area contributed by atoms with Gasteiger partial charge in [0, 0.05) is 16.2 Å². The zero-order valence-electron chi connectivity index (χ0n) is 9.05. The largest absolute Gasteiger partial charge is 0.351 e. The molecule has 0 radical (unpaired) electrons. The molecule has 1 unspecified atom stereocenters. The van der Waals surface area contributed by atoms with Crippen LogP contribution in [-0.2, 0) is 0 Å². The maximum absolute atomic E-state index is 11.6. The van der Waals surface area contributed by atoms with E-state index in [2.05, 4.69) is 28.2 Å². The molecule has 84 valence electrons. The van der Waals surface area contributed by atoms with Crippen molar-refractivity contribution < 1.29 is 4.79 Å². The van der Waals surface area contributed by atoms with Crippen LogP contribution >= 0.6 is 27.3 Å². The van der Waals surface area contributed by atoms with E-state index in [4.69, 9.17) is 0 Å². The average molecular weight is 290 g/mol. The number of carbonyl (C=O) groups is 1. The normalized spacial score (nSPS) is 12.5. The molecule has 0 saturated carbocycles. The number of amides is 1. The van der Waals surface area contributed by atoms with Crippen LogP contribution in [0.4, 0.5) is 0 Å². The molecule has 0 saturated heterocycles. The van der Waals surface area contributed by atoms with E-state index in [1.165, 1.54) is 16.2 Å². The summed E-state index contributed by atoms with van der Waals surface area (Å²) in [5, 5.41) is 2.92. The standard InChI is InChI=1S/C11H16BrNOS/c1-3-9(12)6-7-13-11(14)10-5-4-8(2)15-10/h4-5,9H,3,6-7H2,1-2H3,(H,13,14). The van der Waals surface area contributed by atoms with Crippen molar-refractivity contribution in [3.63, 3.8) is 0 Å². The number of aryl methyl sites for hydroxylation is 1. The number of hydrogen-bond donors (Lipinski definition) is 1. The number of nitrogens with one attached hydrogen (secondary N) is 1. The van der Waals surface area contributed by atoms with Gasteiger partial charge in [0.2, 0.25) is 0 Å². The Kier molecular flexibility index (Phi) is 5.32. The molecule has 1 heterocycles. The summed E-state index contributed by atoms with van der Waals surface area (Å²) in [6, 6.07) is 3.85. The number of alkyl halides is 1. The van der Waals surface area contributed by atoms with Gasteiger partial charge in [0.05, 0.1) is 4.88 Å². The fourth-order valence-electron chi connectivity index (χ4n) is 1.19. The zero-order valence-corrected chi connectivity index (χ0v) is 11.5. The van der Waals surface area contributed by atoms with Gasteiger partial charge in [-0.2, -0.15) is 0 Å². The smallest absolute Gasteiger partial charge is 0.261 e. The third-order valence-electron chi connectivity index (χ3n) is 2.15. The molecule has 0 bridgehead atoms. The van der Waals surface area contributed by atoms with Crippen molar-refractivity contribution in [2.24, 2.45) is 0 Å². The molecular formula is C11H16BrNOS. The van der Waals surface area contributed by atoms with Crippen molar-refractivity contribution in [2.45, 2.75) is 31.5 Å². The van der Waals surface area contributed by atoms with Crippen LogP contribution < -0.4 is 5.32 Å². The van der Waals surface area contributed by atoms with Gasteiger partial charge >= 0.3 is 0 Å². The van der Waals surface area contributed by atoms with Crippen molar-refractivity contribution in [1.82, 2.24) is 5.32 Å². The molecule has 0 aromatic carbocycles. The molecule has 1 rings (SSSR count). The second-order valence-electron chi connectivity index (χ2n) is 3.46. The van der Waals surface area contributed by atoms with E-state index in [0.717, 1.165) is 24.3 Å². The predicted molar refractivity (Wildman–Crippen MR) is 69.0 cm³/mol. The van der Waals surface area contributed by atoms with Crippen LogP contribution in [0.5, 0.6) is 0 Å². The maximum atomic E-state index is 11.6. The van der Waals surface area contributed by atoms with Gasteiger partial charge < -0.3 is 5.32 Å². The maximum Gasteiger partial charge on any atom is 0.261 e. The van der Waals surface area contributed by atoms with Crippen LogP contribution in [0.2, 0.25) is 0 Å². The molecule has 0 aliphatic heterocycles. The summed E-state index contributed by atoms with van der Waals surface area (Å²) >= 11 is 5.08. The van der Waals surface area contributed by atoms with Gasteiger partial charge in [0.1, 0.15) is 0 Å². The van der Waals surface area contributed by atoms with Gasteiger partial charge in [0.25, 0.3) is 5.91 Å². The molecule has 0 fully saturated rings. The lowest BCUT2D eigenvalue weighted by molar-refractivity contribution is 0.0957. The van der Waals surface area contributed by atoms with Crippen LogP contribution in [-0.4, -0.2) is 17.3 Å². The second-order valence-corrected chi connectivity index (χ2v) is 6.04. The Bertz CT molecular complexity index is 324. The van der Waals surface area contributed by atoms with Crippen LogP contribution in [0.25, 0.3) is 0 Å². The quantitative estimate of drug-likeness (QED) is 0.828. The van der Waals surface area contributed by atoms with E-state index >= 15 is 0 Å². The van der Waals surface area contributed by atoms with Crippen LogP contribution in [0.3, 0.4) is 0 Å². The van der Waals surface area contributed by atoms with E-state index in [9.17, 15) is 4.79 Å². The predicted octanol–water partition coefficient (Wildman–Crippen LogP) is 3.35. The van der Waals surface area contributed by atoms with Crippen molar-refractivity contribution in [3.05, 3.63) is 21.9 Å². The fourth-order valence-corrected chi connectivity index (χ4v) is 2.20. The van der Waals surface area contributed by atoms with E-state index in [0.29, 0.717) is 4.83 Å². The van der Waals surface area contributed by atoms with Gasteiger partial charge in [-0.1, -0.05) is 22.9 Å². The van der Waals surface area contributed by atoms with Gasteiger partial charge in [-0.3, -0.25) is 4.79 Å². The Labute approximate surface area is 103 Å². The Morgan fingerprint density at radius 2 is 2.33 bits per heavy atom. The lowest BCUT2D eigenvalue weighted by Gasteiger charge is -2.07. The summed E-state index contributed by atoms with van der Waals surface area (Å²) in [4.78, 5) is 14.1. The summed E-state index contributed by atoms with van der Waals surface area (Å²) in [5.41, 5.74) is 0. The Morgan fingerprint density at radius 3 is 2.87 bits per heavy atom. The lowest BCUT2D eigenvalue weighted by atomic mass is 10.2. The third kappa shape index (κ3) is 4.34. The SMILES string of the molecule is CCC(Br)CCNC(=O)c1ccc(C)s1. The van der Waals surface area contributed by atoms with Gasteiger partial charge in [0.15, 0.2) is 0 Å². The number of rotatable bonds is 5. The molecule has 0 spiro atoms. The first-order valence-electron chi connectivity index (χ1n) is 5.12. The summed E-state index contributed by atoms with van der Waals surface area (Å²) in [6.45, 7) is 4.87. The van der Waals surface area contributed by atoms with Crippen LogP contribution in [0.15, 0.2) is 12.1 Å². The molecule has 1 aromatic heterocycles. The minimum Gasteiger partial charge on any atom is -0.351 e. The van der Waals surface area contributed by atoms with Gasteiger partial charge in [-0.05, 0) is 31.9 Å². The van der Waals surface area contributed by atoms with Crippen molar-refractivity contribution in [1.29, 1.82) is 0 Å². The molecular weight excluding hydrogens is 274 g/mol. The second kappa shape index (κ2) is 6.28. The molecule has 15 heavy (non-hydrogen) atoms. The first-order valence-corrected chi connectivity index (χ1v) is 6.85. The van der Waals surface area contributed by atoms with Gasteiger partial charge in [-0.15, -0.1) is 11.3 Å². The minimum absolute atomic E-state index is 0.0453. The highest BCUT2D eigenvalue weighted by Crippen LogP contribution is 2.14. The topological polar surface area (TPSA) is 29.1 Å².